The van der Waals surface area contributed by atoms with Crippen LogP contribution < -0.4 is 10.6 Å². The maximum atomic E-state index is 14.0. The molecule has 3 aromatic rings. The van der Waals surface area contributed by atoms with Crippen LogP contribution in [0.1, 0.15) is 40.5 Å². The van der Waals surface area contributed by atoms with Crippen molar-refractivity contribution in [3.63, 3.8) is 0 Å². The van der Waals surface area contributed by atoms with Crippen molar-refractivity contribution in [3.8, 4) is 0 Å². The molecule has 4 rings (SSSR count). The summed E-state index contributed by atoms with van der Waals surface area (Å²) in [7, 11) is 1.69. The van der Waals surface area contributed by atoms with Crippen LogP contribution >= 0.6 is 45.8 Å². The molecule has 8 heteroatoms. The van der Waals surface area contributed by atoms with Crippen molar-refractivity contribution >= 4 is 69.0 Å². The Morgan fingerprint density at radius 3 is 2.28 bits per heavy atom. The number of rotatable bonds is 3. The second-order valence-electron chi connectivity index (χ2n) is 7.67. The fraction of sp³-hybridized carbons (Fsp3) is 0.167. The van der Waals surface area contributed by atoms with Crippen LogP contribution in [0.5, 0.6) is 0 Å². The van der Waals surface area contributed by atoms with E-state index in [-0.39, 0.29) is 11.8 Å². The molecule has 0 saturated heterocycles. The minimum atomic E-state index is -0.861. The Morgan fingerprint density at radius 2 is 1.62 bits per heavy atom. The highest BCUT2D eigenvalue weighted by Gasteiger charge is 2.42. The van der Waals surface area contributed by atoms with E-state index in [2.05, 4.69) is 22.6 Å². The Morgan fingerprint density at radius 1 is 0.969 bits per heavy atom. The van der Waals surface area contributed by atoms with Crippen molar-refractivity contribution in [3.05, 3.63) is 91.0 Å². The van der Waals surface area contributed by atoms with E-state index in [4.69, 9.17) is 28.9 Å². The molecule has 0 radical (unpaired) electrons. The normalized spacial score (nSPS) is 17.2. The van der Waals surface area contributed by atoms with Gasteiger partial charge in [0.1, 0.15) is 6.04 Å². The zero-order valence-electron chi connectivity index (χ0n) is 17.4. The number of carbonyl (C=O) groups excluding carboxylic acids is 2. The van der Waals surface area contributed by atoms with E-state index in [0.29, 0.717) is 38.1 Å². The number of halogens is 3. The number of anilines is 2. The molecule has 0 bridgehead atoms. The van der Waals surface area contributed by atoms with Crippen LogP contribution in [0.25, 0.3) is 0 Å². The molecule has 0 aliphatic carbocycles. The highest BCUT2D eigenvalue weighted by atomic mass is 127. The maximum Gasteiger partial charge on any atom is 0.257 e. The number of amides is 2. The lowest BCUT2D eigenvalue weighted by Crippen LogP contribution is -2.42. The van der Waals surface area contributed by atoms with Crippen LogP contribution in [0.3, 0.4) is 0 Å². The van der Waals surface area contributed by atoms with Gasteiger partial charge >= 0.3 is 0 Å². The number of nitrogen functional groups attached to an aromatic ring is 1. The third-order valence-corrected chi connectivity index (χ3v) is 6.89. The smallest absolute Gasteiger partial charge is 0.257 e. The minimum Gasteiger partial charge on any atom is -0.398 e. The number of nitrogens with two attached hydrogens (primary N) is 1. The summed E-state index contributed by atoms with van der Waals surface area (Å²) in [5, 5.41) is 1.06. The molecule has 0 saturated carbocycles. The number of hydrogen-bond acceptors (Lipinski definition) is 3. The fourth-order valence-corrected chi connectivity index (χ4v) is 4.87. The number of benzene rings is 3. The summed E-state index contributed by atoms with van der Waals surface area (Å²) in [6.07, 6.45) is 0. The summed E-state index contributed by atoms with van der Waals surface area (Å²) in [5.74, 6) is -0.474. The van der Waals surface area contributed by atoms with Crippen LogP contribution in [0, 0.1) is 3.57 Å². The highest BCUT2D eigenvalue weighted by Crippen LogP contribution is 2.41. The summed E-state index contributed by atoms with van der Waals surface area (Å²) in [4.78, 5) is 30.9. The summed E-state index contributed by atoms with van der Waals surface area (Å²) >= 11 is 14.3. The first-order chi connectivity index (χ1) is 15.2. The van der Waals surface area contributed by atoms with E-state index in [9.17, 15) is 9.59 Å². The average Bonchev–Trinajstić information content (AvgIpc) is 2.83. The third kappa shape index (κ3) is 4.07. The number of likely N-dealkylation sites (N-methyl/N-ethyl adjacent to an activating group) is 1. The number of hydrogen-bond donors (Lipinski definition) is 1. The van der Waals surface area contributed by atoms with E-state index in [1.807, 2.05) is 13.0 Å². The molecule has 2 unspecified atom stereocenters. The first-order valence-corrected chi connectivity index (χ1v) is 11.7. The van der Waals surface area contributed by atoms with Gasteiger partial charge in [-0.25, -0.2) is 0 Å². The highest BCUT2D eigenvalue weighted by molar-refractivity contribution is 14.1. The van der Waals surface area contributed by atoms with Gasteiger partial charge in [0.05, 0.1) is 17.3 Å². The van der Waals surface area contributed by atoms with Gasteiger partial charge in [0.15, 0.2) is 0 Å². The summed E-state index contributed by atoms with van der Waals surface area (Å²) < 4.78 is 0.902. The molecule has 2 N–H and O–H groups in total. The molecule has 0 spiro atoms. The van der Waals surface area contributed by atoms with Gasteiger partial charge in [0, 0.05) is 26.4 Å². The lowest BCUT2D eigenvalue weighted by Gasteiger charge is -2.36. The molecule has 0 aromatic heterocycles. The van der Waals surface area contributed by atoms with Gasteiger partial charge in [-0.3, -0.25) is 9.59 Å². The van der Waals surface area contributed by atoms with Crippen molar-refractivity contribution in [2.75, 3.05) is 17.7 Å². The zero-order valence-corrected chi connectivity index (χ0v) is 21.0. The Bertz CT molecular complexity index is 1220. The second-order valence-corrected chi connectivity index (χ2v) is 9.79. The number of nitrogens with zero attached hydrogens (tertiary/aromatic N) is 2. The minimum absolute atomic E-state index is 0.222. The Labute approximate surface area is 210 Å². The van der Waals surface area contributed by atoms with Gasteiger partial charge in [0.25, 0.3) is 11.8 Å². The molecule has 1 aliphatic rings. The Kier molecular flexibility index (Phi) is 6.38. The third-order valence-electron chi connectivity index (χ3n) is 5.73. The van der Waals surface area contributed by atoms with Crippen molar-refractivity contribution in [1.82, 2.24) is 4.90 Å². The largest absolute Gasteiger partial charge is 0.398 e. The van der Waals surface area contributed by atoms with Gasteiger partial charge in [-0.15, -0.1) is 0 Å². The Hall–Kier alpha value is -2.29. The quantitative estimate of drug-likeness (QED) is 0.301. The maximum absolute atomic E-state index is 14.0. The van der Waals surface area contributed by atoms with Crippen LogP contribution in [-0.2, 0) is 4.79 Å². The summed E-state index contributed by atoms with van der Waals surface area (Å²) in [6.45, 7) is 1.87. The van der Waals surface area contributed by atoms with E-state index in [0.717, 1.165) is 3.57 Å². The summed E-state index contributed by atoms with van der Waals surface area (Å²) in [6, 6.07) is 16.3. The molecule has 32 heavy (non-hydrogen) atoms. The number of fused-ring (bicyclic) bond motifs is 1. The topological polar surface area (TPSA) is 66.6 Å². The van der Waals surface area contributed by atoms with E-state index < -0.39 is 12.1 Å². The predicted molar refractivity (Wildman–Crippen MR) is 137 cm³/mol. The van der Waals surface area contributed by atoms with Gasteiger partial charge in [0.2, 0.25) is 0 Å². The Balaban J connectivity index is 1.94. The monoisotopic (exact) mass is 579 g/mol. The molecule has 1 aliphatic heterocycles. The SMILES string of the molecule is CC(c1ccc(Cl)cc1N)N1C(=O)c2cc(I)ccc2N(C)C(=O)C1c1ccc(Cl)cc1. The molecule has 164 valence electrons. The van der Waals surface area contributed by atoms with Gasteiger partial charge in [-0.05, 0) is 83.1 Å². The average molecular weight is 580 g/mol. The van der Waals surface area contributed by atoms with Crippen LogP contribution in [0.4, 0.5) is 11.4 Å². The molecule has 2 amide bonds. The summed E-state index contributed by atoms with van der Waals surface area (Å²) in [5.41, 5.74) is 9.13. The van der Waals surface area contributed by atoms with Gasteiger partial charge in [-0.2, -0.15) is 0 Å². The lowest BCUT2D eigenvalue weighted by atomic mass is 9.97. The van der Waals surface area contributed by atoms with Crippen molar-refractivity contribution in [1.29, 1.82) is 0 Å². The first-order valence-electron chi connectivity index (χ1n) is 9.89. The van der Waals surface area contributed by atoms with E-state index in [1.165, 1.54) is 0 Å². The van der Waals surface area contributed by atoms with Crippen LogP contribution in [0.2, 0.25) is 10.0 Å². The first kappa shape index (κ1) is 22.9. The van der Waals surface area contributed by atoms with E-state index >= 15 is 0 Å². The van der Waals surface area contributed by atoms with Gasteiger partial charge < -0.3 is 15.5 Å². The number of carbonyl (C=O) groups is 2. The molecular weight excluding hydrogens is 560 g/mol. The van der Waals surface area contributed by atoms with E-state index in [1.54, 1.807) is 71.4 Å². The molecular formula is C24H20Cl2IN3O2. The van der Waals surface area contributed by atoms with Crippen molar-refractivity contribution in [2.45, 2.75) is 19.0 Å². The molecule has 2 atom stereocenters. The van der Waals surface area contributed by atoms with Gasteiger partial charge in [-0.1, -0.05) is 41.4 Å². The second kappa shape index (κ2) is 8.92. The standard InChI is InChI=1S/C24H20Cl2IN3O2/c1-13(18-9-7-16(26)11-20(18)28)30-22(14-3-5-15(25)6-4-14)24(32)29(2)21-10-8-17(27)12-19(21)23(30)31/h3-13,22H,28H2,1-2H3. The predicted octanol–water partition coefficient (Wildman–Crippen LogP) is 6.10. The molecule has 0 fully saturated rings. The van der Waals surface area contributed by atoms with Crippen LogP contribution in [0.15, 0.2) is 60.7 Å². The molecule has 5 nitrogen and oxygen atoms in total. The molecule has 1 heterocycles. The molecule has 3 aromatic carbocycles. The van der Waals surface area contributed by atoms with Crippen molar-refractivity contribution < 1.29 is 9.59 Å². The van der Waals surface area contributed by atoms with Crippen molar-refractivity contribution in [2.24, 2.45) is 0 Å². The lowest BCUT2D eigenvalue weighted by molar-refractivity contribution is -0.123. The fourth-order valence-electron chi connectivity index (χ4n) is 4.07. The zero-order chi connectivity index (χ0) is 23.2. The van der Waals surface area contributed by atoms with Crippen LogP contribution in [-0.4, -0.2) is 23.8 Å².